The molecule has 1 aromatic rings. The van der Waals surface area contributed by atoms with Crippen molar-refractivity contribution in [2.75, 3.05) is 5.32 Å². The zero-order chi connectivity index (χ0) is 8.27. The Kier molecular flexibility index (Phi) is 2.88. The van der Waals surface area contributed by atoms with E-state index in [9.17, 15) is 0 Å². The molecule has 0 aliphatic rings. The molecule has 0 aromatic carbocycles. The van der Waals surface area contributed by atoms with Crippen LogP contribution < -0.4 is 5.32 Å². The van der Waals surface area contributed by atoms with Crippen molar-refractivity contribution >= 4 is 21.6 Å². The predicted molar refractivity (Wildman–Crippen MR) is 49.5 cm³/mol. The number of rotatable bonds is 2. The smallest absolute Gasteiger partial charge is 0.108 e. The lowest BCUT2D eigenvalue weighted by Crippen LogP contribution is -2.09. The van der Waals surface area contributed by atoms with Gasteiger partial charge in [0.2, 0.25) is 0 Å². The first-order valence-electron chi connectivity index (χ1n) is 3.48. The number of nitrogens with zero attached hydrogens (tertiary/aromatic N) is 1. The van der Waals surface area contributed by atoms with Gasteiger partial charge in [-0.1, -0.05) is 0 Å². The van der Waals surface area contributed by atoms with Gasteiger partial charge in [-0.25, -0.2) is 4.98 Å². The average Bonchev–Trinajstić information content (AvgIpc) is 1.85. The average molecular weight is 214 g/mol. The Balaban J connectivity index is 2.71. The van der Waals surface area contributed by atoms with Crippen LogP contribution in [0.4, 0.5) is 5.69 Å². The third kappa shape index (κ3) is 2.89. The topological polar surface area (TPSA) is 24.9 Å². The van der Waals surface area contributed by atoms with Crippen molar-refractivity contribution in [3.63, 3.8) is 0 Å². The Hall–Kier alpha value is -0.570. The van der Waals surface area contributed by atoms with Crippen LogP contribution in [0.15, 0.2) is 16.9 Å². The van der Waals surface area contributed by atoms with E-state index in [1.807, 2.05) is 6.07 Å². The largest absolute Gasteiger partial charge is 0.382 e. The summed E-state index contributed by atoms with van der Waals surface area (Å²) >= 11 is 3.28. The number of anilines is 1. The number of hydrogen-bond acceptors (Lipinski definition) is 2. The molecule has 0 bridgehead atoms. The van der Waals surface area contributed by atoms with Crippen LogP contribution in [0.5, 0.6) is 0 Å². The first-order valence-corrected chi connectivity index (χ1v) is 4.27. The molecule has 0 amide bonds. The number of pyridine rings is 1. The molecular weight excluding hydrogens is 204 g/mol. The van der Waals surface area contributed by atoms with Gasteiger partial charge in [-0.3, -0.25) is 0 Å². The maximum Gasteiger partial charge on any atom is 0.108 e. The van der Waals surface area contributed by atoms with E-state index in [-0.39, 0.29) is 0 Å². The van der Waals surface area contributed by atoms with Crippen molar-refractivity contribution in [2.45, 2.75) is 19.9 Å². The summed E-state index contributed by atoms with van der Waals surface area (Å²) in [6.45, 7) is 4.17. The van der Waals surface area contributed by atoms with Gasteiger partial charge in [-0.15, -0.1) is 0 Å². The summed E-state index contributed by atoms with van der Waals surface area (Å²) in [6.07, 6.45) is 1.65. The molecule has 0 fully saturated rings. The summed E-state index contributed by atoms with van der Waals surface area (Å²) in [5, 5.41) is 3.22. The van der Waals surface area contributed by atoms with Gasteiger partial charge >= 0.3 is 0 Å². The molecule has 11 heavy (non-hydrogen) atoms. The molecule has 0 saturated carbocycles. The lowest BCUT2D eigenvalue weighted by atomic mass is 10.3. The highest BCUT2D eigenvalue weighted by Gasteiger charge is 1.95. The monoisotopic (exact) mass is 213 g/mol. The summed E-state index contributed by atoms with van der Waals surface area (Å²) < 4.78 is 0.833. The fourth-order valence-electron chi connectivity index (χ4n) is 0.756. The van der Waals surface area contributed by atoms with E-state index in [0.717, 1.165) is 10.3 Å². The SMILES string of the molecule is CC(C)Nc1[c]cnc(Br)c1. The van der Waals surface area contributed by atoms with Gasteiger partial charge in [0.1, 0.15) is 4.60 Å². The van der Waals surface area contributed by atoms with Gasteiger partial charge in [0.25, 0.3) is 0 Å². The second-order valence-corrected chi connectivity index (χ2v) is 3.39. The first-order chi connectivity index (χ1) is 5.18. The Morgan fingerprint density at radius 1 is 1.64 bits per heavy atom. The van der Waals surface area contributed by atoms with Crippen molar-refractivity contribution in [1.82, 2.24) is 4.98 Å². The molecule has 1 radical (unpaired) electrons. The summed E-state index contributed by atoms with van der Waals surface area (Å²) in [6, 6.07) is 5.32. The molecule has 1 N–H and O–H groups in total. The Morgan fingerprint density at radius 2 is 2.36 bits per heavy atom. The highest BCUT2D eigenvalue weighted by atomic mass is 79.9. The minimum atomic E-state index is 0.431. The first kappa shape index (κ1) is 8.53. The van der Waals surface area contributed by atoms with Crippen LogP contribution >= 0.6 is 15.9 Å². The maximum atomic E-state index is 3.97. The third-order valence-corrected chi connectivity index (χ3v) is 1.55. The predicted octanol–water partition coefficient (Wildman–Crippen LogP) is 2.46. The maximum absolute atomic E-state index is 3.97. The summed E-state index contributed by atoms with van der Waals surface area (Å²) in [5.41, 5.74) is 0.974. The second kappa shape index (κ2) is 3.72. The lowest BCUT2D eigenvalue weighted by Gasteiger charge is -2.08. The minimum absolute atomic E-state index is 0.431. The summed E-state index contributed by atoms with van der Waals surface area (Å²) in [5.74, 6) is 0. The van der Waals surface area contributed by atoms with Crippen LogP contribution in [0.3, 0.4) is 0 Å². The molecule has 0 aliphatic heterocycles. The Morgan fingerprint density at radius 3 is 2.91 bits per heavy atom. The highest BCUT2D eigenvalue weighted by Crippen LogP contribution is 2.12. The number of hydrogen-bond donors (Lipinski definition) is 1. The molecule has 3 heteroatoms. The third-order valence-electron chi connectivity index (χ3n) is 1.12. The molecule has 0 spiro atoms. The molecule has 1 rings (SSSR count). The van der Waals surface area contributed by atoms with Crippen LogP contribution in [-0.2, 0) is 0 Å². The van der Waals surface area contributed by atoms with Gasteiger partial charge in [0.05, 0.1) is 0 Å². The van der Waals surface area contributed by atoms with Crippen LogP contribution in [0.25, 0.3) is 0 Å². The fourth-order valence-corrected chi connectivity index (χ4v) is 1.09. The van der Waals surface area contributed by atoms with Crippen molar-refractivity contribution in [3.8, 4) is 0 Å². The van der Waals surface area contributed by atoms with E-state index in [4.69, 9.17) is 0 Å². The van der Waals surface area contributed by atoms with E-state index in [2.05, 4.69) is 46.1 Å². The van der Waals surface area contributed by atoms with Crippen molar-refractivity contribution in [1.29, 1.82) is 0 Å². The van der Waals surface area contributed by atoms with E-state index in [1.54, 1.807) is 6.20 Å². The van der Waals surface area contributed by atoms with Crippen LogP contribution in [0, 0.1) is 6.07 Å². The van der Waals surface area contributed by atoms with Gasteiger partial charge in [0, 0.05) is 24.0 Å². The second-order valence-electron chi connectivity index (χ2n) is 2.58. The molecule has 2 nitrogen and oxygen atoms in total. The van der Waals surface area contributed by atoms with Crippen LogP contribution in [-0.4, -0.2) is 11.0 Å². The van der Waals surface area contributed by atoms with Crippen molar-refractivity contribution in [2.24, 2.45) is 0 Å². The van der Waals surface area contributed by atoms with Gasteiger partial charge in [0.15, 0.2) is 0 Å². The van der Waals surface area contributed by atoms with Gasteiger partial charge in [-0.2, -0.15) is 0 Å². The van der Waals surface area contributed by atoms with E-state index in [1.165, 1.54) is 0 Å². The van der Waals surface area contributed by atoms with Crippen LogP contribution in [0.2, 0.25) is 0 Å². The molecule has 0 saturated heterocycles. The summed E-state index contributed by atoms with van der Waals surface area (Å²) in [7, 11) is 0. The lowest BCUT2D eigenvalue weighted by molar-refractivity contribution is 0.898. The molecule has 0 aliphatic carbocycles. The zero-order valence-electron chi connectivity index (χ0n) is 6.56. The van der Waals surface area contributed by atoms with Gasteiger partial charge in [-0.05, 0) is 35.8 Å². The zero-order valence-corrected chi connectivity index (χ0v) is 8.14. The standard InChI is InChI=1S/C8H10BrN2/c1-6(2)11-7-3-4-10-8(9)5-7/h4-6H,1-2H3,(H,10,11). The molecular formula is C8H10BrN2. The molecule has 0 unspecified atom stereocenters. The van der Waals surface area contributed by atoms with E-state index in [0.29, 0.717) is 6.04 Å². The fraction of sp³-hybridized carbons (Fsp3) is 0.375. The Labute approximate surface area is 75.2 Å². The molecule has 1 heterocycles. The molecule has 59 valence electrons. The normalized spacial score (nSPS) is 10.2. The van der Waals surface area contributed by atoms with Crippen molar-refractivity contribution in [3.05, 3.63) is 22.9 Å². The van der Waals surface area contributed by atoms with E-state index < -0.39 is 0 Å². The minimum Gasteiger partial charge on any atom is -0.382 e. The molecule has 0 atom stereocenters. The van der Waals surface area contributed by atoms with E-state index >= 15 is 0 Å². The summed E-state index contributed by atoms with van der Waals surface area (Å²) in [4.78, 5) is 3.97. The number of nitrogens with one attached hydrogen (secondary N) is 1. The van der Waals surface area contributed by atoms with Gasteiger partial charge < -0.3 is 5.32 Å². The van der Waals surface area contributed by atoms with Crippen molar-refractivity contribution < 1.29 is 0 Å². The highest BCUT2D eigenvalue weighted by molar-refractivity contribution is 9.10. The Bertz CT molecular complexity index is 235. The van der Waals surface area contributed by atoms with Crippen LogP contribution in [0.1, 0.15) is 13.8 Å². The quantitative estimate of drug-likeness (QED) is 0.765. The number of halogens is 1. The molecule has 1 aromatic heterocycles. The number of aromatic nitrogens is 1.